The van der Waals surface area contributed by atoms with Crippen LogP contribution in [0.3, 0.4) is 0 Å². The highest BCUT2D eigenvalue weighted by Gasteiger charge is 2.16. The fraction of sp³-hybridized carbons (Fsp3) is 0.500. The summed E-state index contributed by atoms with van der Waals surface area (Å²) >= 11 is 0. The van der Waals surface area contributed by atoms with Crippen molar-refractivity contribution in [1.82, 2.24) is 0 Å². The molecule has 0 aromatic heterocycles. The van der Waals surface area contributed by atoms with Gasteiger partial charge in [-0.1, -0.05) is 13.8 Å². The summed E-state index contributed by atoms with van der Waals surface area (Å²) in [6.07, 6.45) is 0. The number of hydrogen-bond donors (Lipinski definition) is 1. The van der Waals surface area contributed by atoms with Crippen LogP contribution in [0.4, 0.5) is 8.78 Å². The minimum absolute atomic E-state index is 0.00697. The number of aliphatic hydroxyl groups excluding tert-OH is 1. The van der Waals surface area contributed by atoms with Gasteiger partial charge in [0.2, 0.25) is 0 Å². The molecule has 0 aliphatic carbocycles. The van der Waals surface area contributed by atoms with Gasteiger partial charge in [0, 0.05) is 11.0 Å². The van der Waals surface area contributed by atoms with Crippen LogP contribution < -0.4 is 0 Å². The number of halogens is 2. The van der Waals surface area contributed by atoms with E-state index in [0.29, 0.717) is 6.61 Å². The lowest BCUT2D eigenvalue weighted by Crippen LogP contribution is -2.23. The standard InChI is InChI=1S/C12H16F2O2/c1-12(2,7-15)8-16-6-9-5-10(13)3-4-11(9)14/h3-5,15H,6-8H2,1-2H3. The van der Waals surface area contributed by atoms with Crippen LogP contribution in [-0.2, 0) is 11.3 Å². The maximum absolute atomic E-state index is 13.2. The summed E-state index contributed by atoms with van der Waals surface area (Å²) in [6, 6.07) is 3.25. The fourth-order valence-corrected chi connectivity index (χ4v) is 1.14. The Morgan fingerprint density at radius 2 is 2.00 bits per heavy atom. The van der Waals surface area contributed by atoms with Gasteiger partial charge in [0.25, 0.3) is 0 Å². The van der Waals surface area contributed by atoms with Crippen molar-refractivity contribution in [2.24, 2.45) is 5.41 Å². The summed E-state index contributed by atoms with van der Waals surface area (Å²) in [7, 11) is 0. The van der Waals surface area contributed by atoms with E-state index in [1.165, 1.54) is 0 Å². The molecule has 0 fully saturated rings. The second-order valence-corrected chi connectivity index (χ2v) is 4.55. The van der Waals surface area contributed by atoms with Gasteiger partial charge in [0.1, 0.15) is 11.6 Å². The van der Waals surface area contributed by atoms with Crippen LogP contribution in [0.2, 0.25) is 0 Å². The molecular formula is C12H16F2O2. The minimum Gasteiger partial charge on any atom is -0.396 e. The lowest BCUT2D eigenvalue weighted by atomic mass is 9.97. The zero-order valence-electron chi connectivity index (χ0n) is 9.46. The molecule has 2 nitrogen and oxygen atoms in total. The van der Waals surface area contributed by atoms with Crippen LogP contribution in [0.5, 0.6) is 0 Å². The molecule has 0 radical (unpaired) electrons. The molecule has 1 N–H and O–H groups in total. The Labute approximate surface area is 93.9 Å². The lowest BCUT2D eigenvalue weighted by Gasteiger charge is -2.21. The van der Waals surface area contributed by atoms with Gasteiger partial charge in [-0.3, -0.25) is 0 Å². The van der Waals surface area contributed by atoms with Crippen molar-refractivity contribution >= 4 is 0 Å². The summed E-state index contributed by atoms with van der Waals surface area (Å²) in [6.45, 7) is 3.94. The third kappa shape index (κ3) is 3.87. The van der Waals surface area contributed by atoms with Gasteiger partial charge in [-0.25, -0.2) is 8.78 Å². The predicted molar refractivity (Wildman–Crippen MR) is 56.9 cm³/mol. The third-order valence-electron chi connectivity index (χ3n) is 2.19. The van der Waals surface area contributed by atoms with E-state index in [4.69, 9.17) is 9.84 Å². The van der Waals surface area contributed by atoms with Gasteiger partial charge in [-0.2, -0.15) is 0 Å². The molecule has 0 bridgehead atoms. The van der Waals surface area contributed by atoms with Gasteiger partial charge in [-0.15, -0.1) is 0 Å². The Kier molecular flexibility index (Phi) is 4.38. The average molecular weight is 230 g/mol. The van der Waals surface area contributed by atoms with Crippen molar-refractivity contribution in [3.63, 3.8) is 0 Å². The quantitative estimate of drug-likeness (QED) is 0.842. The van der Waals surface area contributed by atoms with Gasteiger partial charge in [0.05, 0.1) is 19.8 Å². The van der Waals surface area contributed by atoms with Crippen molar-refractivity contribution in [3.05, 3.63) is 35.4 Å². The van der Waals surface area contributed by atoms with Gasteiger partial charge >= 0.3 is 0 Å². The Bertz CT molecular complexity index is 351. The zero-order valence-corrected chi connectivity index (χ0v) is 9.46. The molecule has 1 rings (SSSR count). The van der Waals surface area contributed by atoms with Gasteiger partial charge in [-0.05, 0) is 18.2 Å². The fourth-order valence-electron chi connectivity index (χ4n) is 1.14. The second-order valence-electron chi connectivity index (χ2n) is 4.55. The van der Waals surface area contributed by atoms with Crippen molar-refractivity contribution in [2.45, 2.75) is 20.5 Å². The first-order chi connectivity index (χ1) is 7.44. The van der Waals surface area contributed by atoms with E-state index in [0.717, 1.165) is 18.2 Å². The maximum atomic E-state index is 13.2. The second kappa shape index (κ2) is 5.37. The monoisotopic (exact) mass is 230 g/mol. The highest BCUT2D eigenvalue weighted by molar-refractivity contribution is 5.17. The predicted octanol–water partition coefficient (Wildman–Crippen LogP) is 2.50. The Morgan fingerprint density at radius 1 is 1.31 bits per heavy atom. The molecule has 4 heteroatoms. The Balaban J connectivity index is 2.52. The van der Waals surface area contributed by atoms with Crippen LogP contribution in [0.25, 0.3) is 0 Å². The normalized spacial score (nSPS) is 11.8. The molecule has 0 saturated carbocycles. The molecule has 0 heterocycles. The first-order valence-electron chi connectivity index (χ1n) is 5.07. The van der Waals surface area contributed by atoms with Crippen molar-refractivity contribution in [3.8, 4) is 0 Å². The third-order valence-corrected chi connectivity index (χ3v) is 2.19. The summed E-state index contributed by atoms with van der Waals surface area (Å²) in [5.74, 6) is -0.968. The Hall–Kier alpha value is -1.00. The van der Waals surface area contributed by atoms with Crippen LogP contribution in [0.1, 0.15) is 19.4 Å². The van der Waals surface area contributed by atoms with Crippen LogP contribution >= 0.6 is 0 Å². The summed E-state index contributed by atoms with van der Waals surface area (Å²) < 4.78 is 31.2. The maximum Gasteiger partial charge on any atom is 0.128 e. The molecule has 1 aromatic carbocycles. The van der Waals surface area contributed by atoms with E-state index in [-0.39, 0.29) is 24.2 Å². The van der Waals surface area contributed by atoms with E-state index < -0.39 is 11.6 Å². The molecular weight excluding hydrogens is 214 g/mol. The van der Waals surface area contributed by atoms with Crippen molar-refractivity contribution < 1.29 is 18.6 Å². The zero-order chi connectivity index (χ0) is 12.2. The van der Waals surface area contributed by atoms with Crippen LogP contribution in [0.15, 0.2) is 18.2 Å². The minimum atomic E-state index is -0.485. The van der Waals surface area contributed by atoms with E-state index >= 15 is 0 Å². The average Bonchev–Trinajstić information content (AvgIpc) is 2.23. The van der Waals surface area contributed by atoms with E-state index in [9.17, 15) is 8.78 Å². The number of rotatable bonds is 5. The first-order valence-corrected chi connectivity index (χ1v) is 5.07. The first kappa shape index (κ1) is 13.1. The number of ether oxygens (including phenoxy) is 1. The van der Waals surface area contributed by atoms with E-state index in [1.54, 1.807) is 0 Å². The molecule has 0 unspecified atom stereocenters. The van der Waals surface area contributed by atoms with E-state index in [2.05, 4.69) is 0 Å². The highest BCUT2D eigenvalue weighted by Crippen LogP contribution is 2.16. The van der Waals surface area contributed by atoms with Gasteiger partial charge < -0.3 is 9.84 Å². The molecule has 0 atom stereocenters. The van der Waals surface area contributed by atoms with Crippen molar-refractivity contribution in [1.29, 1.82) is 0 Å². The van der Waals surface area contributed by atoms with E-state index in [1.807, 2.05) is 13.8 Å². The molecule has 0 saturated heterocycles. The van der Waals surface area contributed by atoms with Crippen LogP contribution in [0, 0.1) is 17.0 Å². The summed E-state index contributed by atoms with van der Waals surface area (Å²) in [5.41, 5.74) is -0.183. The number of aliphatic hydroxyl groups is 1. The summed E-state index contributed by atoms with van der Waals surface area (Å²) in [5, 5.41) is 8.98. The molecule has 90 valence electrons. The SMILES string of the molecule is CC(C)(CO)COCc1cc(F)ccc1F. The summed E-state index contributed by atoms with van der Waals surface area (Å²) in [4.78, 5) is 0. The highest BCUT2D eigenvalue weighted by atomic mass is 19.1. The largest absolute Gasteiger partial charge is 0.396 e. The van der Waals surface area contributed by atoms with Crippen LogP contribution in [-0.4, -0.2) is 18.3 Å². The molecule has 0 aliphatic heterocycles. The molecule has 0 amide bonds. The smallest absolute Gasteiger partial charge is 0.128 e. The topological polar surface area (TPSA) is 29.5 Å². The number of benzene rings is 1. The molecule has 0 spiro atoms. The van der Waals surface area contributed by atoms with Crippen molar-refractivity contribution in [2.75, 3.05) is 13.2 Å². The molecule has 16 heavy (non-hydrogen) atoms. The van der Waals surface area contributed by atoms with Gasteiger partial charge in [0.15, 0.2) is 0 Å². The molecule has 1 aromatic rings. The lowest BCUT2D eigenvalue weighted by molar-refractivity contribution is 0.0187. The molecule has 0 aliphatic rings. The Morgan fingerprint density at radius 3 is 2.62 bits per heavy atom. The number of hydrogen-bond acceptors (Lipinski definition) is 2.